The number of carbonyl (C=O) groups excluding carboxylic acids is 2. The molecule has 2 aromatic rings. The molecule has 12 heteroatoms. The lowest BCUT2D eigenvalue weighted by atomic mass is 10.1. The summed E-state index contributed by atoms with van der Waals surface area (Å²) < 4.78 is 11.6. The highest BCUT2D eigenvalue weighted by Crippen LogP contribution is 2.19. The standard InChI is InChI=1S/C14H20ClN3O2.C10H19NO2.C5H3BrClN/c1-14(2,3)20-13(19)18-8-6-17(7-9-18)11-4-5-12(15)16-10-11;1-10(2,3)13-9(12)11-7-5-4-6-8-11;6-4-1-2-5(7)8-3-4/h4-5,10H,6-9H2,1-3H3;4-8H2,1-3H3;1-3H. The van der Waals surface area contributed by atoms with Gasteiger partial charge in [0.1, 0.15) is 21.5 Å². The van der Waals surface area contributed by atoms with Gasteiger partial charge in [0.15, 0.2) is 0 Å². The Bertz CT molecular complexity index is 1060. The molecule has 41 heavy (non-hydrogen) atoms. The smallest absolute Gasteiger partial charge is 0.410 e. The molecule has 0 aliphatic carbocycles. The lowest BCUT2D eigenvalue weighted by Gasteiger charge is -2.36. The summed E-state index contributed by atoms with van der Waals surface area (Å²) in [6.07, 6.45) is 6.46. The number of anilines is 1. The van der Waals surface area contributed by atoms with Gasteiger partial charge in [-0.1, -0.05) is 23.2 Å². The number of rotatable bonds is 1. The summed E-state index contributed by atoms with van der Waals surface area (Å²) in [5.41, 5.74) is 0.210. The molecule has 9 nitrogen and oxygen atoms in total. The van der Waals surface area contributed by atoms with E-state index in [0.29, 0.717) is 23.4 Å². The average molecular weight is 675 g/mol. The summed E-state index contributed by atoms with van der Waals surface area (Å²) in [6.45, 7) is 15.9. The number of piperazine rings is 1. The van der Waals surface area contributed by atoms with Gasteiger partial charge in [-0.3, -0.25) is 0 Å². The first-order chi connectivity index (χ1) is 19.1. The summed E-state index contributed by atoms with van der Waals surface area (Å²) >= 11 is 14.5. The number of hydrogen-bond donors (Lipinski definition) is 0. The summed E-state index contributed by atoms with van der Waals surface area (Å²) in [5, 5.41) is 1.01. The van der Waals surface area contributed by atoms with Gasteiger partial charge in [0, 0.05) is 49.9 Å². The monoisotopic (exact) mass is 673 g/mol. The fourth-order valence-electron chi connectivity index (χ4n) is 3.79. The number of pyridine rings is 2. The largest absolute Gasteiger partial charge is 0.444 e. The van der Waals surface area contributed by atoms with Crippen molar-refractivity contribution in [3.05, 3.63) is 51.4 Å². The molecule has 0 unspecified atom stereocenters. The fourth-order valence-corrected chi connectivity index (χ4v) is 4.25. The van der Waals surface area contributed by atoms with Crippen molar-refractivity contribution < 1.29 is 19.1 Å². The number of amides is 2. The van der Waals surface area contributed by atoms with Crippen LogP contribution in [0.25, 0.3) is 0 Å². The van der Waals surface area contributed by atoms with Crippen molar-refractivity contribution in [2.75, 3.05) is 44.2 Å². The van der Waals surface area contributed by atoms with Crippen LogP contribution < -0.4 is 4.90 Å². The lowest BCUT2D eigenvalue weighted by molar-refractivity contribution is 0.0212. The zero-order chi connectivity index (χ0) is 30.6. The van der Waals surface area contributed by atoms with Crippen molar-refractivity contribution in [1.82, 2.24) is 19.8 Å². The maximum Gasteiger partial charge on any atom is 0.410 e. The van der Waals surface area contributed by atoms with Crippen LogP contribution in [0.4, 0.5) is 15.3 Å². The third-order valence-corrected chi connectivity index (χ3v) is 6.62. The van der Waals surface area contributed by atoms with E-state index in [4.69, 9.17) is 32.7 Å². The molecular formula is C29H42BrCl2N5O4. The predicted molar refractivity (Wildman–Crippen MR) is 168 cm³/mol. The summed E-state index contributed by atoms with van der Waals surface area (Å²) in [7, 11) is 0. The van der Waals surface area contributed by atoms with Crippen LogP contribution in [0, 0.1) is 0 Å². The second kappa shape index (κ2) is 16.4. The Hall–Kier alpha value is -2.30. The van der Waals surface area contributed by atoms with Crippen LogP contribution in [0.3, 0.4) is 0 Å². The Balaban J connectivity index is 0.000000239. The highest BCUT2D eigenvalue weighted by molar-refractivity contribution is 9.10. The third-order valence-electron chi connectivity index (χ3n) is 5.71. The number of likely N-dealkylation sites (tertiary alicyclic amines) is 1. The Kier molecular flexibility index (Phi) is 13.9. The molecule has 0 saturated carbocycles. The first kappa shape index (κ1) is 34.9. The molecule has 2 saturated heterocycles. The van der Waals surface area contributed by atoms with Gasteiger partial charge >= 0.3 is 12.2 Å². The van der Waals surface area contributed by atoms with E-state index in [1.807, 2.05) is 53.7 Å². The number of ether oxygens (including phenoxy) is 2. The molecule has 0 atom stereocenters. The fraction of sp³-hybridized carbons (Fsp3) is 0.586. The molecule has 2 aliphatic heterocycles. The topological polar surface area (TPSA) is 88.1 Å². The molecule has 0 radical (unpaired) electrons. The quantitative estimate of drug-likeness (QED) is 0.287. The Labute approximate surface area is 262 Å². The first-order valence-corrected chi connectivity index (χ1v) is 15.3. The molecule has 0 N–H and O–H groups in total. The molecule has 0 bridgehead atoms. The van der Waals surface area contributed by atoms with Crippen LogP contribution in [-0.4, -0.2) is 82.4 Å². The molecule has 0 spiro atoms. The second-order valence-electron chi connectivity index (χ2n) is 11.6. The molecule has 228 valence electrons. The minimum Gasteiger partial charge on any atom is -0.444 e. The number of carbonyl (C=O) groups is 2. The van der Waals surface area contributed by atoms with Crippen molar-refractivity contribution in [3.63, 3.8) is 0 Å². The van der Waals surface area contributed by atoms with Gasteiger partial charge in [-0.25, -0.2) is 19.6 Å². The van der Waals surface area contributed by atoms with E-state index in [0.717, 1.165) is 49.2 Å². The van der Waals surface area contributed by atoms with Gasteiger partial charge in [0.2, 0.25) is 0 Å². The van der Waals surface area contributed by atoms with Gasteiger partial charge in [-0.15, -0.1) is 0 Å². The highest BCUT2D eigenvalue weighted by atomic mass is 79.9. The van der Waals surface area contributed by atoms with Crippen LogP contribution in [0.15, 0.2) is 41.1 Å². The van der Waals surface area contributed by atoms with Crippen LogP contribution in [-0.2, 0) is 9.47 Å². The lowest BCUT2D eigenvalue weighted by Crippen LogP contribution is -2.50. The molecule has 0 aromatic carbocycles. The molecular weight excluding hydrogens is 633 g/mol. The molecule has 2 fully saturated rings. The molecule has 2 aliphatic rings. The third kappa shape index (κ3) is 14.4. The summed E-state index contributed by atoms with van der Waals surface area (Å²) in [5.74, 6) is 0. The Morgan fingerprint density at radius 1 is 0.707 bits per heavy atom. The highest BCUT2D eigenvalue weighted by Gasteiger charge is 2.26. The minimum absolute atomic E-state index is 0.160. The van der Waals surface area contributed by atoms with Gasteiger partial charge in [0.25, 0.3) is 0 Å². The van der Waals surface area contributed by atoms with Gasteiger partial charge < -0.3 is 24.2 Å². The maximum absolute atomic E-state index is 12.0. The van der Waals surface area contributed by atoms with Crippen LogP contribution >= 0.6 is 39.1 Å². The van der Waals surface area contributed by atoms with Gasteiger partial charge in [0.05, 0.1) is 11.9 Å². The van der Waals surface area contributed by atoms with Crippen LogP contribution in [0.1, 0.15) is 60.8 Å². The predicted octanol–water partition coefficient (Wildman–Crippen LogP) is 7.70. The summed E-state index contributed by atoms with van der Waals surface area (Å²) in [6, 6.07) is 7.29. The van der Waals surface area contributed by atoms with E-state index in [2.05, 4.69) is 30.8 Å². The van der Waals surface area contributed by atoms with Crippen molar-refractivity contribution in [1.29, 1.82) is 0 Å². The van der Waals surface area contributed by atoms with E-state index in [1.54, 1.807) is 34.3 Å². The van der Waals surface area contributed by atoms with Crippen LogP contribution in [0.5, 0.6) is 0 Å². The molecule has 4 rings (SSSR count). The molecule has 2 aromatic heterocycles. The number of hydrogen-bond acceptors (Lipinski definition) is 7. The zero-order valence-electron chi connectivity index (χ0n) is 24.8. The summed E-state index contributed by atoms with van der Waals surface area (Å²) in [4.78, 5) is 37.1. The average Bonchev–Trinajstić information content (AvgIpc) is 2.90. The second-order valence-corrected chi connectivity index (χ2v) is 13.3. The van der Waals surface area contributed by atoms with Crippen molar-refractivity contribution in [3.8, 4) is 0 Å². The van der Waals surface area contributed by atoms with E-state index in [1.165, 1.54) is 6.42 Å². The van der Waals surface area contributed by atoms with E-state index in [-0.39, 0.29) is 17.8 Å². The SMILES string of the molecule is CC(C)(C)OC(=O)N1CCCCC1.CC(C)(C)OC(=O)N1CCN(c2ccc(Cl)nc2)CC1.Clc1ccc(Br)cn1. The number of nitrogens with zero attached hydrogens (tertiary/aromatic N) is 5. The van der Waals surface area contributed by atoms with Crippen molar-refractivity contribution >= 4 is 57.0 Å². The first-order valence-electron chi connectivity index (χ1n) is 13.7. The van der Waals surface area contributed by atoms with Gasteiger partial charge in [-0.2, -0.15) is 0 Å². The molecule has 2 amide bonds. The maximum atomic E-state index is 12.0. The van der Waals surface area contributed by atoms with Crippen LogP contribution in [0.2, 0.25) is 10.3 Å². The van der Waals surface area contributed by atoms with E-state index >= 15 is 0 Å². The normalized spacial score (nSPS) is 15.6. The number of piperidine rings is 1. The Morgan fingerprint density at radius 2 is 1.17 bits per heavy atom. The van der Waals surface area contributed by atoms with Crippen molar-refractivity contribution in [2.24, 2.45) is 0 Å². The van der Waals surface area contributed by atoms with Crippen molar-refractivity contribution in [2.45, 2.75) is 72.0 Å². The Morgan fingerprint density at radius 3 is 1.56 bits per heavy atom. The van der Waals surface area contributed by atoms with E-state index < -0.39 is 5.60 Å². The number of aromatic nitrogens is 2. The van der Waals surface area contributed by atoms with E-state index in [9.17, 15) is 9.59 Å². The molecule has 4 heterocycles. The zero-order valence-corrected chi connectivity index (χ0v) is 27.9. The minimum atomic E-state index is -0.450. The van der Waals surface area contributed by atoms with Gasteiger partial charge in [-0.05, 0) is 101 Å². The number of halogens is 3.